The van der Waals surface area contributed by atoms with E-state index in [1.807, 2.05) is 0 Å². The quantitative estimate of drug-likeness (QED) is 0.462. The van der Waals surface area contributed by atoms with Gasteiger partial charge in [-0.2, -0.15) is 0 Å². The van der Waals surface area contributed by atoms with Crippen LogP contribution in [0.5, 0.6) is 0 Å². The maximum Gasteiger partial charge on any atom is 0.302 e. The van der Waals surface area contributed by atoms with Crippen molar-refractivity contribution in [2.75, 3.05) is 6.61 Å². The SMILES string of the molecule is CCCCCCC(CCOC(C)=O)OC(C)=O. The zero-order chi connectivity index (χ0) is 13.1. The van der Waals surface area contributed by atoms with Crippen LogP contribution in [0, 0.1) is 0 Å². The fourth-order valence-corrected chi connectivity index (χ4v) is 1.63. The summed E-state index contributed by atoms with van der Waals surface area (Å²) in [5.41, 5.74) is 0. The van der Waals surface area contributed by atoms with Crippen LogP contribution in [0.3, 0.4) is 0 Å². The van der Waals surface area contributed by atoms with E-state index in [1.165, 1.54) is 26.7 Å². The Labute approximate surface area is 104 Å². The van der Waals surface area contributed by atoms with Gasteiger partial charge in [-0.25, -0.2) is 0 Å². The molecule has 4 nitrogen and oxygen atoms in total. The molecule has 0 aromatic carbocycles. The Morgan fingerprint density at radius 1 is 1.00 bits per heavy atom. The lowest BCUT2D eigenvalue weighted by molar-refractivity contribution is -0.148. The molecule has 0 spiro atoms. The highest BCUT2D eigenvalue weighted by atomic mass is 16.6. The van der Waals surface area contributed by atoms with Gasteiger partial charge in [-0.1, -0.05) is 26.2 Å². The molecule has 17 heavy (non-hydrogen) atoms. The molecule has 0 bridgehead atoms. The van der Waals surface area contributed by atoms with Crippen molar-refractivity contribution in [1.29, 1.82) is 0 Å². The van der Waals surface area contributed by atoms with Crippen LogP contribution >= 0.6 is 0 Å². The van der Waals surface area contributed by atoms with Crippen LogP contribution in [0.25, 0.3) is 0 Å². The molecule has 0 N–H and O–H groups in total. The molecule has 0 aromatic rings. The molecule has 0 fully saturated rings. The maximum absolute atomic E-state index is 10.9. The highest BCUT2D eigenvalue weighted by Gasteiger charge is 2.12. The smallest absolute Gasteiger partial charge is 0.302 e. The zero-order valence-electron chi connectivity index (χ0n) is 11.2. The molecule has 0 rings (SSSR count). The molecule has 4 heteroatoms. The van der Waals surface area contributed by atoms with Crippen LogP contribution in [-0.4, -0.2) is 24.6 Å². The van der Waals surface area contributed by atoms with Gasteiger partial charge in [0.15, 0.2) is 0 Å². The standard InChI is InChI=1S/C13H24O4/c1-4-5-6-7-8-13(17-12(3)15)9-10-16-11(2)14/h13H,4-10H2,1-3H3. The van der Waals surface area contributed by atoms with Gasteiger partial charge < -0.3 is 9.47 Å². The zero-order valence-corrected chi connectivity index (χ0v) is 11.2. The van der Waals surface area contributed by atoms with E-state index in [2.05, 4.69) is 6.92 Å². The van der Waals surface area contributed by atoms with Crippen LogP contribution < -0.4 is 0 Å². The molecular weight excluding hydrogens is 220 g/mol. The lowest BCUT2D eigenvalue weighted by atomic mass is 10.1. The van der Waals surface area contributed by atoms with Crippen LogP contribution in [-0.2, 0) is 19.1 Å². The maximum atomic E-state index is 10.9. The number of hydrogen-bond donors (Lipinski definition) is 0. The van der Waals surface area contributed by atoms with Crippen molar-refractivity contribution in [1.82, 2.24) is 0 Å². The van der Waals surface area contributed by atoms with Crippen molar-refractivity contribution in [2.45, 2.75) is 65.4 Å². The van der Waals surface area contributed by atoms with E-state index in [0.717, 1.165) is 19.3 Å². The Kier molecular flexibility index (Phi) is 9.49. The van der Waals surface area contributed by atoms with Crippen molar-refractivity contribution in [3.8, 4) is 0 Å². The van der Waals surface area contributed by atoms with Crippen molar-refractivity contribution in [3.05, 3.63) is 0 Å². The number of hydrogen-bond acceptors (Lipinski definition) is 4. The van der Waals surface area contributed by atoms with Crippen LogP contribution in [0.2, 0.25) is 0 Å². The average Bonchev–Trinajstić information content (AvgIpc) is 2.22. The number of ether oxygens (including phenoxy) is 2. The third-order valence-corrected chi connectivity index (χ3v) is 2.46. The van der Waals surface area contributed by atoms with Crippen molar-refractivity contribution < 1.29 is 19.1 Å². The average molecular weight is 244 g/mol. The Bertz CT molecular complexity index is 225. The highest BCUT2D eigenvalue weighted by Crippen LogP contribution is 2.11. The Hall–Kier alpha value is -1.06. The summed E-state index contributed by atoms with van der Waals surface area (Å²) in [7, 11) is 0. The molecular formula is C13H24O4. The van der Waals surface area contributed by atoms with Crippen LogP contribution in [0.15, 0.2) is 0 Å². The number of carbonyl (C=O) groups is 2. The third kappa shape index (κ3) is 11.2. The topological polar surface area (TPSA) is 52.6 Å². The van der Waals surface area contributed by atoms with Gasteiger partial charge in [0.2, 0.25) is 0 Å². The Balaban J connectivity index is 3.79. The molecule has 0 heterocycles. The predicted octanol–water partition coefficient (Wildman–Crippen LogP) is 2.84. The summed E-state index contributed by atoms with van der Waals surface area (Å²) in [6, 6.07) is 0. The van der Waals surface area contributed by atoms with Gasteiger partial charge in [0.1, 0.15) is 6.10 Å². The minimum absolute atomic E-state index is 0.122. The first-order valence-electron chi connectivity index (χ1n) is 6.36. The van der Waals surface area contributed by atoms with Crippen molar-refractivity contribution >= 4 is 11.9 Å². The molecule has 0 aliphatic heterocycles. The van der Waals surface area contributed by atoms with E-state index in [-0.39, 0.29) is 18.0 Å². The van der Waals surface area contributed by atoms with E-state index in [1.54, 1.807) is 0 Å². The van der Waals surface area contributed by atoms with E-state index in [4.69, 9.17) is 9.47 Å². The number of rotatable bonds is 9. The molecule has 0 aromatic heterocycles. The minimum atomic E-state index is -0.294. The molecule has 100 valence electrons. The summed E-state index contributed by atoms with van der Waals surface area (Å²) in [5, 5.41) is 0. The summed E-state index contributed by atoms with van der Waals surface area (Å²) in [6.45, 7) is 5.26. The van der Waals surface area contributed by atoms with E-state index in [9.17, 15) is 9.59 Å². The first-order chi connectivity index (χ1) is 8.06. The fraction of sp³-hybridized carbons (Fsp3) is 0.846. The molecule has 0 aliphatic carbocycles. The molecule has 0 radical (unpaired) electrons. The second kappa shape index (κ2) is 10.1. The predicted molar refractivity (Wildman–Crippen MR) is 65.6 cm³/mol. The first kappa shape index (κ1) is 15.9. The summed E-state index contributed by atoms with van der Waals surface area (Å²) in [6.07, 6.45) is 5.91. The summed E-state index contributed by atoms with van der Waals surface area (Å²) >= 11 is 0. The number of esters is 2. The van der Waals surface area contributed by atoms with Gasteiger partial charge in [-0.15, -0.1) is 0 Å². The summed E-state index contributed by atoms with van der Waals surface area (Å²) in [4.78, 5) is 21.5. The number of carbonyl (C=O) groups excluding carboxylic acids is 2. The van der Waals surface area contributed by atoms with Gasteiger partial charge in [-0.05, 0) is 12.8 Å². The number of unbranched alkanes of at least 4 members (excludes halogenated alkanes) is 3. The lowest BCUT2D eigenvalue weighted by Crippen LogP contribution is -2.19. The lowest BCUT2D eigenvalue weighted by Gasteiger charge is -2.16. The summed E-state index contributed by atoms with van der Waals surface area (Å²) < 4.78 is 10.0. The largest absolute Gasteiger partial charge is 0.466 e. The fourth-order valence-electron chi connectivity index (χ4n) is 1.63. The molecule has 0 aliphatic rings. The van der Waals surface area contributed by atoms with E-state index < -0.39 is 0 Å². The van der Waals surface area contributed by atoms with Gasteiger partial charge in [-0.3, -0.25) is 9.59 Å². The van der Waals surface area contributed by atoms with Crippen LogP contribution in [0.4, 0.5) is 0 Å². The van der Waals surface area contributed by atoms with Crippen LogP contribution in [0.1, 0.15) is 59.3 Å². The second-order valence-corrected chi connectivity index (χ2v) is 4.21. The minimum Gasteiger partial charge on any atom is -0.466 e. The van der Waals surface area contributed by atoms with Gasteiger partial charge >= 0.3 is 11.9 Å². The Morgan fingerprint density at radius 3 is 2.24 bits per heavy atom. The van der Waals surface area contributed by atoms with Gasteiger partial charge in [0.05, 0.1) is 6.61 Å². The van der Waals surface area contributed by atoms with E-state index >= 15 is 0 Å². The molecule has 1 atom stereocenters. The molecule has 0 saturated carbocycles. The normalized spacial score (nSPS) is 11.9. The Morgan fingerprint density at radius 2 is 1.71 bits per heavy atom. The summed E-state index contributed by atoms with van der Waals surface area (Å²) in [5.74, 6) is -0.564. The monoisotopic (exact) mass is 244 g/mol. The van der Waals surface area contributed by atoms with E-state index in [0.29, 0.717) is 13.0 Å². The molecule has 0 saturated heterocycles. The van der Waals surface area contributed by atoms with Crippen molar-refractivity contribution in [2.24, 2.45) is 0 Å². The molecule has 0 amide bonds. The van der Waals surface area contributed by atoms with Gasteiger partial charge in [0.25, 0.3) is 0 Å². The third-order valence-electron chi connectivity index (χ3n) is 2.46. The second-order valence-electron chi connectivity index (χ2n) is 4.21. The highest BCUT2D eigenvalue weighted by molar-refractivity contribution is 5.66. The van der Waals surface area contributed by atoms with Crippen molar-refractivity contribution in [3.63, 3.8) is 0 Å². The van der Waals surface area contributed by atoms with Gasteiger partial charge in [0, 0.05) is 20.3 Å². The first-order valence-corrected chi connectivity index (χ1v) is 6.36. The molecule has 1 unspecified atom stereocenters.